The highest BCUT2D eigenvalue weighted by atomic mass is 16.5. The smallest absolute Gasteiger partial charge is 0.272 e. The van der Waals surface area contributed by atoms with Gasteiger partial charge in [-0.15, -0.1) is 0 Å². The summed E-state index contributed by atoms with van der Waals surface area (Å²) in [5.74, 6) is 1.52. The summed E-state index contributed by atoms with van der Waals surface area (Å²) in [6, 6.07) is 11.3. The van der Waals surface area contributed by atoms with E-state index in [0.29, 0.717) is 39.7 Å². The number of imidazole rings is 1. The number of nitrogen functional groups attached to an aromatic ring is 1. The van der Waals surface area contributed by atoms with E-state index in [1.165, 1.54) is 6.33 Å². The van der Waals surface area contributed by atoms with E-state index in [0.717, 1.165) is 60.6 Å². The van der Waals surface area contributed by atoms with Crippen LogP contribution in [-0.4, -0.2) is 70.3 Å². The van der Waals surface area contributed by atoms with Gasteiger partial charge in [-0.3, -0.25) is 9.69 Å². The van der Waals surface area contributed by atoms with Crippen LogP contribution in [-0.2, 0) is 13.6 Å². The van der Waals surface area contributed by atoms with E-state index >= 15 is 0 Å². The first-order valence-electron chi connectivity index (χ1n) is 14.5. The van der Waals surface area contributed by atoms with Crippen molar-refractivity contribution in [1.29, 1.82) is 0 Å². The van der Waals surface area contributed by atoms with Crippen LogP contribution in [0.5, 0.6) is 5.75 Å². The zero-order valence-corrected chi connectivity index (χ0v) is 24.8. The predicted octanol–water partition coefficient (Wildman–Crippen LogP) is 4.09. The van der Waals surface area contributed by atoms with E-state index in [1.807, 2.05) is 61.2 Å². The summed E-state index contributed by atoms with van der Waals surface area (Å²) >= 11 is 0. The molecule has 1 aromatic carbocycles. The third kappa shape index (κ3) is 4.90. The van der Waals surface area contributed by atoms with Crippen molar-refractivity contribution in [3.8, 4) is 17.0 Å². The van der Waals surface area contributed by atoms with Gasteiger partial charge in [-0.2, -0.15) is 5.10 Å². The maximum Gasteiger partial charge on any atom is 0.272 e. The number of carbonyl (C=O) groups excluding carboxylic acids is 1. The van der Waals surface area contributed by atoms with Gasteiger partial charge in [-0.25, -0.2) is 24.6 Å². The number of nitrogens with zero attached hydrogens (tertiary/aromatic N) is 8. The molecule has 13 nitrogen and oxygen atoms in total. The molecule has 7 rings (SSSR count). The first-order chi connectivity index (χ1) is 21.4. The van der Waals surface area contributed by atoms with Crippen LogP contribution in [0.25, 0.3) is 33.3 Å². The van der Waals surface area contributed by atoms with Gasteiger partial charge in [0.15, 0.2) is 5.65 Å². The number of pyridine rings is 1. The Hall–Kier alpha value is -5.30. The molecule has 1 aliphatic rings. The number of hydrogen-bond acceptors (Lipinski definition) is 9. The Morgan fingerprint density at radius 1 is 1.11 bits per heavy atom. The van der Waals surface area contributed by atoms with Gasteiger partial charge in [0.25, 0.3) is 5.91 Å². The summed E-state index contributed by atoms with van der Waals surface area (Å²) in [7, 11) is 3.39. The average molecular weight is 592 g/mol. The largest absolute Gasteiger partial charge is 0.495 e. The molecule has 1 aliphatic heterocycles. The number of methoxy groups -OCH3 is 1. The van der Waals surface area contributed by atoms with Gasteiger partial charge in [0.1, 0.15) is 40.8 Å². The van der Waals surface area contributed by atoms with Gasteiger partial charge in [0.2, 0.25) is 0 Å². The number of piperidine rings is 1. The molecule has 0 saturated carbocycles. The monoisotopic (exact) mass is 591 g/mol. The Bertz CT molecular complexity index is 2000. The van der Waals surface area contributed by atoms with Crippen molar-refractivity contribution in [2.24, 2.45) is 7.05 Å². The number of rotatable bonds is 7. The molecule has 0 spiro atoms. The maximum atomic E-state index is 13.3. The molecule has 4 N–H and O–H groups in total. The number of H-pyrrole nitrogens is 1. The second-order valence-corrected chi connectivity index (χ2v) is 11.1. The van der Waals surface area contributed by atoms with Gasteiger partial charge < -0.3 is 25.3 Å². The highest BCUT2D eigenvalue weighted by molar-refractivity contribution is 6.07. The molecule has 0 unspecified atom stereocenters. The van der Waals surface area contributed by atoms with E-state index in [1.54, 1.807) is 17.9 Å². The minimum atomic E-state index is -0.266. The van der Waals surface area contributed by atoms with Crippen LogP contribution < -0.4 is 15.8 Å². The Morgan fingerprint density at radius 2 is 1.95 bits per heavy atom. The number of anilines is 2. The summed E-state index contributed by atoms with van der Waals surface area (Å²) in [5, 5.41) is 9.63. The van der Waals surface area contributed by atoms with E-state index in [4.69, 9.17) is 15.6 Å². The van der Waals surface area contributed by atoms with Crippen LogP contribution in [0, 0.1) is 6.92 Å². The van der Waals surface area contributed by atoms with E-state index in [-0.39, 0.29) is 11.9 Å². The fourth-order valence-electron chi connectivity index (χ4n) is 6.07. The van der Waals surface area contributed by atoms with Crippen molar-refractivity contribution >= 4 is 39.5 Å². The molecule has 0 radical (unpaired) electrons. The number of benzene rings is 1. The summed E-state index contributed by atoms with van der Waals surface area (Å²) in [4.78, 5) is 36.6. The number of aromatic nitrogens is 8. The van der Waals surface area contributed by atoms with E-state index < -0.39 is 0 Å². The predicted molar refractivity (Wildman–Crippen MR) is 167 cm³/mol. The van der Waals surface area contributed by atoms with Crippen LogP contribution in [0.2, 0.25) is 0 Å². The summed E-state index contributed by atoms with van der Waals surface area (Å²) < 4.78 is 9.49. The lowest BCUT2D eigenvalue weighted by atomic mass is 10.0. The number of aromatic amines is 1. The number of likely N-dealkylation sites (tertiary alicyclic amines) is 1. The summed E-state index contributed by atoms with van der Waals surface area (Å²) in [5.41, 5.74) is 11.4. The molecule has 1 amide bonds. The number of nitrogens with two attached hydrogens (primary N) is 1. The average Bonchev–Trinajstić information content (AvgIpc) is 3.73. The molecule has 5 aromatic heterocycles. The minimum absolute atomic E-state index is 0.163. The van der Waals surface area contributed by atoms with Crippen molar-refractivity contribution in [1.82, 2.24) is 44.2 Å². The van der Waals surface area contributed by atoms with Crippen LogP contribution in [0.1, 0.15) is 40.9 Å². The Balaban J connectivity index is 1.16. The van der Waals surface area contributed by atoms with E-state index in [9.17, 15) is 4.79 Å². The molecule has 13 heteroatoms. The third-order valence-corrected chi connectivity index (χ3v) is 8.31. The number of fused-ring (bicyclic) bond motifs is 2. The van der Waals surface area contributed by atoms with Gasteiger partial charge in [-0.1, -0.05) is 6.07 Å². The minimum Gasteiger partial charge on any atom is -0.495 e. The lowest BCUT2D eigenvalue weighted by molar-refractivity contribution is 0.101. The fourth-order valence-corrected chi connectivity index (χ4v) is 6.07. The number of nitrogens with one attached hydrogen (secondary N) is 2. The van der Waals surface area contributed by atoms with Crippen LogP contribution in [0.15, 0.2) is 55.1 Å². The van der Waals surface area contributed by atoms with Crippen molar-refractivity contribution in [3.63, 3.8) is 0 Å². The zero-order valence-electron chi connectivity index (χ0n) is 24.8. The molecule has 6 aromatic rings. The normalized spacial score (nSPS) is 14.4. The summed E-state index contributed by atoms with van der Waals surface area (Å²) in [6.45, 7) is 4.66. The zero-order chi connectivity index (χ0) is 30.4. The van der Waals surface area contributed by atoms with Crippen molar-refractivity contribution in [2.75, 3.05) is 31.2 Å². The van der Waals surface area contributed by atoms with Gasteiger partial charge in [0.05, 0.1) is 24.2 Å². The first kappa shape index (κ1) is 27.5. The standard InChI is InChI=1S/C31H33N11O2/c1-18-34-15-21(37-18)16-41-11-8-22(9-12-41)42-30-26(28(32)35-17-36-30)27(39-42)19-6-7-23(25(14-19)44-3)38-31(43)24-13-20-5-4-10-33-29(20)40(24)2/h4-7,10,13-15,17,22H,8-9,11-12,16H2,1-3H3,(H,34,37)(H,38,43)(H2,32,35,36). The molecule has 0 bridgehead atoms. The Morgan fingerprint density at radius 3 is 2.70 bits per heavy atom. The topological polar surface area (TPSA) is 158 Å². The molecule has 6 heterocycles. The Kier molecular flexibility index (Phi) is 6.93. The number of amides is 1. The van der Waals surface area contributed by atoms with Crippen LogP contribution in [0.4, 0.5) is 11.5 Å². The number of aryl methyl sites for hydroxylation is 2. The molecule has 0 aliphatic carbocycles. The molecule has 44 heavy (non-hydrogen) atoms. The SMILES string of the molecule is COc1cc(-c2nn(C3CCN(Cc4cnc(C)[nH]4)CC3)c3ncnc(N)c23)ccc1NC(=O)c1cc2cccnc2n1C. The first-order valence-corrected chi connectivity index (χ1v) is 14.5. The Labute approximate surface area is 253 Å². The van der Waals surface area contributed by atoms with Gasteiger partial charge in [0, 0.05) is 55.7 Å². The van der Waals surface area contributed by atoms with Gasteiger partial charge >= 0.3 is 0 Å². The summed E-state index contributed by atoms with van der Waals surface area (Å²) in [6.07, 6.45) is 6.94. The molecular weight excluding hydrogens is 558 g/mol. The number of ether oxygens (including phenoxy) is 1. The van der Waals surface area contributed by atoms with Crippen LogP contribution >= 0.6 is 0 Å². The third-order valence-electron chi connectivity index (χ3n) is 8.31. The lowest BCUT2D eigenvalue weighted by Gasteiger charge is -2.31. The molecule has 224 valence electrons. The number of hydrogen-bond donors (Lipinski definition) is 3. The second-order valence-electron chi connectivity index (χ2n) is 11.1. The molecular formula is C31H33N11O2. The van der Waals surface area contributed by atoms with Crippen molar-refractivity contribution in [3.05, 3.63) is 72.3 Å². The highest BCUT2D eigenvalue weighted by Gasteiger charge is 2.27. The second kappa shape index (κ2) is 11.1. The van der Waals surface area contributed by atoms with Crippen LogP contribution in [0.3, 0.4) is 0 Å². The van der Waals surface area contributed by atoms with E-state index in [2.05, 4.69) is 35.1 Å². The van der Waals surface area contributed by atoms with Gasteiger partial charge in [-0.05, 0) is 50.1 Å². The molecule has 1 saturated heterocycles. The van der Waals surface area contributed by atoms with Crippen molar-refractivity contribution in [2.45, 2.75) is 32.4 Å². The lowest BCUT2D eigenvalue weighted by Crippen LogP contribution is -2.34. The fraction of sp³-hybridized carbons (Fsp3) is 0.290. The van der Waals surface area contributed by atoms with Crippen molar-refractivity contribution < 1.29 is 9.53 Å². The molecule has 0 atom stereocenters. The molecule has 1 fully saturated rings. The number of carbonyl (C=O) groups is 1. The maximum absolute atomic E-state index is 13.3. The quantitative estimate of drug-likeness (QED) is 0.249. The highest BCUT2D eigenvalue weighted by Crippen LogP contribution is 2.37.